The quantitative estimate of drug-likeness (QED) is 0.120. The van der Waals surface area contributed by atoms with Gasteiger partial charge in [0, 0.05) is 46.7 Å². The molecule has 10 nitrogen and oxygen atoms in total. The summed E-state index contributed by atoms with van der Waals surface area (Å²) in [6, 6.07) is 25.7. The number of sulfonamides is 1. The fraction of sp³-hybridized carbons (Fsp3) is 0.216. The first-order valence-electron chi connectivity index (χ1n) is 16.0. The fourth-order valence-corrected chi connectivity index (χ4v) is 7.10. The molecule has 0 saturated heterocycles. The first-order valence-corrected chi connectivity index (χ1v) is 17.5. The highest BCUT2D eigenvalue weighted by Gasteiger charge is 2.35. The Bertz CT molecular complexity index is 2160. The van der Waals surface area contributed by atoms with Crippen molar-refractivity contribution >= 4 is 61.2 Å². The Labute approximate surface area is 296 Å². The molecule has 0 fully saturated rings. The average Bonchev–Trinajstić information content (AvgIpc) is 3.08. The number of aryl methyl sites for hydroxylation is 2. The van der Waals surface area contributed by atoms with Crippen LogP contribution in [0.3, 0.4) is 0 Å². The molecule has 2 heterocycles. The first kappa shape index (κ1) is 35.4. The largest absolute Gasteiger partial charge is 1.00 e. The van der Waals surface area contributed by atoms with E-state index in [2.05, 4.69) is 39.8 Å². The maximum Gasteiger partial charge on any atom is 0.328 e. The lowest BCUT2D eigenvalue weighted by molar-refractivity contribution is -0.682. The molecule has 1 aliphatic heterocycles. The number of hydrogen-bond donors (Lipinski definition) is 1. The fourth-order valence-electron chi connectivity index (χ4n) is 6.02. The summed E-state index contributed by atoms with van der Waals surface area (Å²) in [7, 11) is -3.93. The number of azo groups is 1. The predicted molar refractivity (Wildman–Crippen MR) is 188 cm³/mol. The number of nitrogens with one attached hydrogen (secondary N) is 1. The van der Waals surface area contributed by atoms with E-state index < -0.39 is 21.8 Å². The second-order valence-electron chi connectivity index (χ2n) is 11.5. The SMILES string of the molecule is CCC[n+]1ccccc1NS(=O)(=O)c1ccc(N2C(=O)c3cccc4c(N=Nc5ccc(N(CC)CC)cc5C)ccc(c34)C2=O)cc1.[Br-]. The van der Waals surface area contributed by atoms with Crippen LogP contribution in [0.25, 0.3) is 10.8 Å². The summed E-state index contributed by atoms with van der Waals surface area (Å²) >= 11 is 0. The van der Waals surface area contributed by atoms with Crippen molar-refractivity contribution in [1.29, 1.82) is 0 Å². The lowest BCUT2D eigenvalue weighted by Crippen LogP contribution is -3.00. The van der Waals surface area contributed by atoms with Crippen molar-refractivity contribution in [2.45, 2.75) is 45.6 Å². The van der Waals surface area contributed by atoms with E-state index in [0.717, 1.165) is 41.3 Å². The number of imide groups is 1. The Kier molecular flexibility index (Phi) is 10.6. The van der Waals surface area contributed by atoms with Crippen LogP contribution in [-0.4, -0.2) is 33.3 Å². The molecule has 1 N–H and O–H groups in total. The van der Waals surface area contributed by atoms with E-state index in [0.29, 0.717) is 39.9 Å². The van der Waals surface area contributed by atoms with E-state index in [4.69, 9.17) is 0 Å². The number of pyridine rings is 1. The van der Waals surface area contributed by atoms with Crippen molar-refractivity contribution in [3.63, 3.8) is 0 Å². The second kappa shape index (κ2) is 14.7. The molecule has 0 spiro atoms. The molecule has 0 unspecified atom stereocenters. The number of anilines is 3. The Morgan fingerprint density at radius 2 is 1.47 bits per heavy atom. The van der Waals surface area contributed by atoms with Gasteiger partial charge >= 0.3 is 10.0 Å². The van der Waals surface area contributed by atoms with Gasteiger partial charge in [-0.1, -0.05) is 25.1 Å². The molecule has 252 valence electrons. The Hall–Kier alpha value is -4.94. The summed E-state index contributed by atoms with van der Waals surface area (Å²) < 4.78 is 30.9. The molecule has 0 saturated carbocycles. The Morgan fingerprint density at radius 1 is 0.796 bits per heavy atom. The highest BCUT2D eigenvalue weighted by Crippen LogP contribution is 2.38. The van der Waals surface area contributed by atoms with Crippen LogP contribution in [0, 0.1) is 6.92 Å². The zero-order valence-corrected chi connectivity index (χ0v) is 30.1. The average molecular weight is 742 g/mol. The molecule has 0 bridgehead atoms. The van der Waals surface area contributed by atoms with E-state index in [-0.39, 0.29) is 27.6 Å². The molecule has 4 aromatic carbocycles. The number of carbonyl (C=O) groups excluding carboxylic acids is 2. The van der Waals surface area contributed by atoms with Crippen LogP contribution < -0.4 is 36.1 Å². The van der Waals surface area contributed by atoms with Gasteiger partial charge in [0.05, 0.1) is 29.8 Å². The monoisotopic (exact) mass is 740 g/mol. The smallest absolute Gasteiger partial charge is 0.328 e. The van der Waals surface area contributed by atoms with Crippen LogP contribution >= 0.6 is 0 Å². The first-order chi connectivity index (χ1) is 23.2. The van der Waals surface area contributed by atoms with E-state index >= 15 is 0 Å². The van der Waals surface area contributed by atoms with Gasteiger partial charge in [0.2, 0.25) is 0 Å². The molecule has 5 aromatic rings. The van der Waals surface area contributed by atoms with E-state index in [1.807, 2.05) is 48.9 Å². The molecule has 2 amide bonds. The van der Waals surface area contributed by atoms with E-state index in [1.54, 1.807) is 36.4 Å². The number of amides is 2. The maximum atomic E-state index is 13.8. The van der Waals surface area contributed by atoms with Crippen LogP contribution in [0.15, 0.2) is 112 Å². The maximum absolute atomic E-state index is 13.8. The van der Waals surface area contributed by atoms with Gasteiger partial charge < -0.3 is 21.9 Å². The third-order valence-electron chi connectivity index (χ3n) is 8.51. The van der Waals surface area contributed by atoms with Crippen molar-refractivity contribution in [2.75, 3.05) is 27.6 Å². The van der Waals surface area contributed by atoms with Gasteiger partial charge in [0.1, 0.15) is 4.90 Å². The molecular weight excluding hydrogens is 704 g/mol. The molecule has 1 aromatic heterocycles. The molecule has 6 rings (SSSR count). The zero-order valence-electron chi connectivity index (χ0n) is 27.7. The zero-order chi connectivity index (χ0) is 34.0. The third kappa shape index (κ3) is 6.83. The van der Waals surface area contributed by atoms with Gasteiger partial charge in [-0.15, -0.1) is 5.11 Å². The van der Waals surface area contributed by atoms with Gasteiger partial charge in [0.25, 0.3) is 17.6 Å². The number of hydrogen-bond acceptors (Lipinski definition) is 7. The number of aromatic nitrogens is 1. The van der Waals surface area contributed by atoms with Crippen molar-refractivity contribution in [3.05, 3.63) is 114 Å². The van der Waals surface area contributed by atoms with E-state index in [1.165, 1.54) is 24.3 Å². The number of halogens is 1. The third-order valence-corrected chi connectivity index (χ3v) is 9.88. The van der Waals surface area contributed by atoms with Crippen LogP contribution in [0.5, 0.6) is 0 Å². The van der Waals surface area contributed by atoms with Crippen LogP contribution in [-0.2, 0) is 16.6 Å². The van der Waals surface area contributed by atoms with Gasteiger partial charge in [-0.05, 0) is 99.5 Å². The van der Waals surface area contributed by atoms with Gasteiger partial charge in [0.15, 0.2) is 0 Å². The summed E-state index contributed by atoms with van der Waals surface area (Å²) in [5.41, 5.74) is 4.34. The van der Waals surface area contributed by atoms with Gasteiger partial charge in [-0.3, -0.25) is 9.59 Å². The minimum atomic E-state index is -3.93. The summed E-state index contributed by atoms with van der Waals surface area (Å²) in [5, 5.41) is 10.2. The van der Waals surface area contributed by atoms with Crippen LogP contribution in [0.1, 0.15) is 53.5 Å². The highest BCUT2D eigenvalue weighted by molar-refractivity contribution is 7.92. The second-order valence-corrected chi connectivity index (χ2v) is 13.2. The highest BCUT2D eigenvalue weighted by atomic mass is 79.9. The van der Waals surface area contributed by atoms with Crippen molar-refractivity contribution in [1.82, 2.24) is 0 Å². The van der Waals surface area contributed by atoms with E-state index in [9.17, 15) is 18.0 Å². The standard InChI is InChI=1S/C37H36N6O4S.BrH/c1-5-22-42-23-9-8-13-34(42)40-48(46,47)28-17-14-26(15-18-28)43-36(44)30-12-10-11-29-33(21-19-31(35(29)30)37(43)45)39-38-32-20-16-27(24-25(32)4)41(6-2)7-3;/h8-21,23-24H,5-7,22H2,1-4H3;1H. The minimum Gasteiger partial charge on any atom is -1.00 e. The Balaban J connectivity index is 0.00000468. The van der Waals surface area contributed by atoms with Crippen molar-refractivity contribution < 1.29 is 39.6 Å². The van der Waals surface area contributed by atoms with Crippen LogP contribution in [0.4, 0.5) is 28.6 Å². The van der Waals surface area contributed by atoms with Gasteiger partial charge in [-0.2, -0.15) is 18.3 Å². The molecule has 1 aliphatic rings. The molecule has 12 heteroatoms. The van der Waals surface area contributed by atoms with Crippen molar-refractivity contribution in [2.24, 2.45) is 10.2 Å². The minimum absolute atomic E-state index is 0. The number of carbonyl (C=O) groups is 2. The lowest BCUT2D eigenvalue weighted by Gasteiger charge is -2.27. The van der Waals surface area contributed by atoms with Crippen molar-refractivity contribution in [3.8, 4) is 0 Å². The van der Waals surface area contributed by atoms with Crippen LogP contribution in [0.2, 0.25) is 0 Å². The molecule has 0 aliphatic carbocycles. The molecule has 0 radical (unpaired) electrons. The topological polar surface area (TPSA) is 115 Å². The van der Waals surface area contributed by atoms with Gasteiger partial charge in [-0.25, -0.2) is 9.47 Å². The predicted octanol–water partition coefficient (Wildman–Crippen LogP) is 4.71. The number of nitrogens with zero attached hydrogens (tertiary/aromatic N) is 5. The summed E-state index contributed by atoms with van der Waals surface area (Å²) in [6.45, 7) is 10.7. The molecular formula is C37H37BrN6O4S. The molecule has 0 atom stereocenters. The Morgan fingerprint density at radius 3 is 2.14 bits per heavy atom. The lowest BCUT2D eigenvalue weighted by atomic mass is 9.93. The number of benzene rings is 4. The summed E-state index contributed by atoms with van der Waals surface area (Å²) in [6.07, 6.45) is 2.65. The summed E-state index contributed by atoms with van der Waals surface area (Å²) in [4.78, 5) is 31.0. The molecule has 49 heavy (non-hydrogen) atoms. The summed E-state index contributed by atoms with van der Waals surface area (Å²) in [5.74, 6) is -0.570. The normalized spacial score (nSPS) is 12.8. The number of rotatable bonds is 11.